The second-order valence-corrected chi connectivity index (χ2v) is 2.55. The third-order valence-electron chi connectivity index (χ3n) is 1.28. The molecule has 0 amide bonds. The van der Waals surface area contributed by atoms with E-state index in [1.807, 2.05) is 5.38 Å². The average Bonchev–Trinajstić information content (AvgIpc) is 2.33. The maximum Gasteiger partial charge on any atom is 0.0381 e. The van der Waals surface area contributed by atoms with Gasteiger partial charge >= 0.3 is 0 Å². The van der Waals surface area contributed by atoms with Crippen molar-refractivity contribution in [2.45, 2.75) is 13.3 Å². The number of hydrogen-bond acceptors (Lipinski definition) is 1. The Bertz CT molecular complexity index is 227. The van der Waals surface area contributed by atoms with Crippen molar-refractivity contribution >= 4 is 11.3 Å². The SMILES string of the molecule is C#Cc1cscc1CC. The van der Waals surface area contributed by atoms with Crippen LogP contribution in [0.4, 0.5) is 0 Å². The maximum absolute atomic E-state index is 5.23. The van der Waals surface area contributed by atoms with Crippen molar-refractivity contribution < 1.29 is 0 Å². The van der Waals surface area contributed by atoms with Crippen molar-refractivity contribution in [3.63, 3.8) is 0 Å². The fourth-order valence-electron chi connectivity index (χ4n) is 0.724. The van der Waals surface area contributed by atoms with E-state index in [1.165, 1.54) is 5.56 Å². The highest BCUT2D eigenvalue weighted by Gasteiger charge is 1.95. The number of thiophene rings is 1. The normalized spacial score (nSPS) is 8.89. The molecule has 0 bridgehead atoms. The second-order valence-electron chi connectivity index (χ2n) is 1.81. The second kappa shape index (κ2) is 2.70. The van der Waals surface area contributed by atoms with Crippen LogP contribution in [0.2, 0.25) is 0 Å². The third kappa shape index (κ3) is 1.14. The Kier molecular flexibility index (Phi) is 1.92. The fourth-order valence-corrected chi connectivity index (χ4v) is 1.61. The van der Waals surface area contributed by atoms with Crippen LogP contribution >= 0.6 is 11.3 Å². The zero-order valence-electron chi connectivity index (χ0n) is 5.35. The molecule has 0 spiro atoms. The van der Waals surface area contributed by atoms with E-state index >= 15 is 0 Å². The van der Waals surface area contributed by atoms with Crippen LogP contribution in [0.15, 0.2) is 10.8 Å². The predicted octanol–water partition coefficient (Wildman–Crippen LogP) is 2.29. The molecule has 0 aliphatic heterocycles. The van der Waals surface area contributed by atoms with Crippen LogP contribution in [0, 0.1) is 12.3 Å². The summed E-state index contributed by atoms with van der Waals surface area (Å²) in [6.45, 7) is 2.11. The minimum absolute atomic E-state index is 1.04. The molecule has 1 aromatic rings. The van der Waals surface area contributed by atoms with Gasteiger partial charge in [-0.1, -0.05) is 12.8 Å². The zero-order chi connectivity index (χ0) is 6.69. The van der Waals surface area contributed by atoms with E-state index in [0.29, 0.717) is 0 Å². The molecule has 0 aromatic carbocycles. The lowest BCUT2D eigenvalue weighted by molar-refractivity contribution is 1.15. The largest absolute Gasteiger partial charge is 0.151 e. The Morgan fingerprint density at radius 3 is 2.89 bits per heavy atom. The molecule has 0 unspecified atom stereocenters. The fraction of sp³-hybridized carbons (Fsp3) is 0.250. The summed E-state index contributed by atoms with van der Waals surface area (Å²) in [4.78, 5) is 0. The van der Waals surface area contributed by atoms with Crippen LogP contribution < -0.4 is 0 Å². The van der Waals surface area contributed by atoms with Gasteiger partial charge in [0.15, 0.2) is 0 Å². The average molecular weight is 136 g/mol. The van der Waals surface area contributed by atoms with Gasteiger partial charge in [-0.05, 0) is 17.4 Å². The first-order valence-electron chi connectivity index (χ1n) is 2.90. The molecule has 1 aromatic heterocycles. The lowest BCUT2D eigenvalue weighted by Crippen LogP contribution is -1.77. The summed E-state index contributed by atoms with van der Waals surface area (Å²) in [6.07, 6.45) is 6.27. The first-order chi connectivity index (χ1) is 4.38. The van der Waals surface area contributed by atoms with E-state index in [1.54, 1.807) is 11.3 Å². The molecule has 0 radical (unpaired) electrons. The highest BCUT2D eigenvalue weighted by molar-refractivity contribution is 7.08. The smallest absolute Gasteiger partial charge is 0.0381 e. The van der Waals surface area contributed by atoms with Gasteiger partial charge < -0.3 is 0 Å². The summed E-state index contributed by atoms with van der Waals surface area (Å²) < 4.78 is 0. The van der Waals surface area contributed by atoms with E-state index in [2.05, 4.69) is 18.2 Å². The van der Waals surface area contributed by atoms with Gasteiger partial charge in [-0.15, -0.1) is 6.42 Å². The van der Waals surface area contributed by atoms with Crippen molar-refractivity contribution in [3.05, 3.63) is 21.9 Å². The molecule has 0 nitrogen and oxygen atoms in total. The van der Waals surface area contributed by atoms with Crippen molar-refractivity contribution in [3.8, 4) is 12.3 Å². The van der Waals surface area contributed by atoms with Gasteiger partial charge in [-0.25, -0.2) is 0 Å². The maximum atomic E-state index is 5.23. The number of rotatable bonds is 1. The molecule has 0 saturated carbocycles. The van der Waals surface area contributed by atoms with Crippen LogP contribution in [-0.4, -0.2) is 0 Å². The zero-order valence-corrected chi connectivity index (χ0v) is 6.16. The minimum Gasteiger partial charge on any atom is -0.151 e. The molecule has 1 heterocycles. The van der Waals surface area contributed by atoms with Crippen LogP contribution in [0.1, 0.15) is 18.1 Å². The molecule has 0 aliphatic carbocycles. The van der Waals surface area contributed by atoms with Gasteiger partial charge in [0, 0.05) is 10.9 Å². The van der Waals surface area contributed by atoms with Crippen molar-refractivity contribution in [2.75, 3.05) is 0 Å². The van der Waals surface area contributed by atoms with Crippen molar-refractivity contribution in [1.29, 1.82) is 0 Å². The number of hydrogen-bond donors (Lipinski definition) is 0. The van der Waals surface area contributed by atoms with Gasteiger partial charge in [0.2, 0.25) is 0 Å². The standard InChI is InChI=1S/C8H8S/c1-3-7-5-9-6-8(7)4-2/h1,5-6H,4H2,2H3. The quantitative estimate of drug-likeness (QED) is 0.520. The Balaban J connectivity index is 3.02. The molecular weight excluding hydrogens is 128 g/mol. The van der Waals surface area contributed by atoms with Crippen molar-refractivity contribution in [2.24, 2.45) is 0 Å². The Labute approximate surface area is 59.5 Å². The summed E-state index contributed by atoms with van der Waals surface area (Å²) in [7, 11) is 0. The van der Waals surface area contributed by atoms with Gasteiger partial charge in [0.25, 0.3) is 0 Å². The third-order valence-corrected chi connectivity index (χ3v) is 2.07. The summed E-state index contributed by atoms with van der Waals surface area (Å²) in [5, 5.41) is 4.12. The van der Waals surface area contributed by atoms with E-state index in [4.69, 9.17) is 6.42 Å². The van der Waals surface area contributed by atoms with Crippen LogP contribution in [-0.2, 0) is 6.42 Å². The molecule has 1 rings (SSSR count). The van der Waals surface area contributed by atoms with E-state index in [0.717, 1.165) is 12.0 Å². The van der Waals surface area contributed by atoms with Gasteiger partial charge in [0.05, 0.1) is 0 Å². The minimum atomic E-state index is 1.04. The molecule has 0 fully saturated rings. The molecule has 0 N–H and O–H groups in total. The van der Waals surface area contributed by atoms with E-state index in [9.17, 15) is 0 Å². The molecule has 1 heteroatoms. The van der Waals surface area contributed by atoms with E-state index in [-0.39, 0.29) is 0 Å². The van der Waals surface area contributed by atoms with Crippen molar-refractivity contribution in [1.82, 2.24) is 0 Å². The van der Waals surface area contributed by atoms with Gasteiger partial charge in [-0.2, -0.15) is 11.3 Å². The summed E-state index contributed by atoms with van der Waals surface area (Å²) >= 11 is 1.67. The summed E-state index contributed by atoms with van der Waals surface area (Å²) in [5.74, 6) is 2.64. The molecule has 9 heavy (non-hydrogen) atoms. The van der Waals surface area contributed by atoms with Gasteiger partial charge in [-0.3, -0.25) is 0 Å². The highest BCUT2D eigenvalue weighted by atomic mass is 32.1. The first-order valence-corrected chi connectivity index (χ1v) is 3.84. The Hall–Kier alpha value is -0.740. The lowest BCUT2D eigenvalue weighted by Gasteiger charge is -1.87. The lowest BCUT2D eigenvalue weighted by atomic mass is 10.2. The highest BCUT2D eigenvalue weighted by Crippen LogP contribution is 2.13. The predicted molar refractivity (Wildman–Crippen MR) is 41.6 cm³/mol. The first kappa shape index (κ1) is 6.38. The molecule has 0 saturated heterocycles. The molecule has 0 aliphatic rings. The number of aryl methyl sites for hydroxylation is 1. The Morgan fingerprint density at radius 1 is 1.67 bits per heavy atom. The van der Waals surface area contributed by atoms with E-state index < -0.39 is 0 Å². The molecular formula is C8H8S. The summed E-state index contributed by atoms with van der Waals surface area (Å²) in [6, 6.07) is 0. The van der Waals surface area contributed by atoms with Crippen LogP contribution in [0.3, 0.4) is 0 Å². The summed E-state index contributed by atoms with van der Waals surface area (Å²) in [5.41, 5.74) is 2.35. The molecule has 46 valence electrons. The number of terminal acetylenes is 1. The van der Waals surface area contributed by atoms with Crippen LogP contribution in [0.5, 0.6) is 0 Å². The Morgan fingerprint density at radius 2 is 2.44 bits per heavy atom. The topological polar surface area (TPSA) is 0 Å². The van der Waals surface area contributed by atoms with Crippen LogP contribution in [0.25, 0.3) is 0 Å². The molecule has 0 atom stereocenters. The monoisotopic (exact) mass is 136 g/mol. The van der Waals surface area contributed by atoms with Gasteiger partial charge in [0.1, 0.15) is 0 Å².